The lowest BCUT2D eigenvalue weighted by Crippen LogP contribution is -2.29. The summed E-state index contributed by atoms with van der Waals surface area (Å²) in [6, 6.07) is 15.2. The summed E-state index contributed by atoms with van der Waals surface area (Å²) >= 11 is 3.42. The molecule has 20 heavy (non-hydrogen) atoms. The lowest BCUT2D eigenvalue weighted by atomic mass is 10.0. The van der Waals surface area contributed by atoms with E-state index in [2.05, 4.69) is 15.9 Å². The van der Waals surface area contributed by atoms with Crippen LogP contribution in [0.5, 0.6) is 5.75 Å². The van der Waals surface area contributed by atoms with Gasteiger partial charge in [-0.1, -0.05) is 46.3 Å². The number of hydrogen-bond donors (Lipinski definition) is 2. The topological polar surface area (TPSA) is 55.5 Å². The summed E-state index contributed by atoms with van der Waals surface area (Å²) in [5, 5.41) is 9.36. The molecule has 4 heteroatoms. The van der Waals surface area contributed by atoms with Gasteiger partial charge in [-0.3, -0.25) is 0 Å². The van der Waals surface area contributed by atoms with Crippen molar-refractivity contribution in [1.82, 2.24) is 0 Å². The number of aliphatic hydroxyl groups is 1. The maximum Gasteiger partial charge on any atom is 0.138 e. The molecule has 2 atom stereocenters. The van der Waals surface area contributed by atoms with Crippen molar-refractivity contribution in [3.8, 4) is 5.75 Å². The van der Waals surface area contributed by atoms with Crippen LogP contribution in [-0.4, -0.2) is 11.1 Å². The van der Waals surface area contributed by atoms with Crippen molar-refractivity contribution in [2.45, 2.75) is 25.7 Å². The summed E-state index contributed by atoms with van der Waals surface area (Å²) in [5.74, 6) is 0.667. The number of nitrogens with two attached hydrogens (primary N) is 1. The summed E-state index contributed by atoms with van der Waals surface area (Å²) in [6.45, 7) is 1.86. The first-order chi connectivity index (χ1) is 9.61. The Kier molecular flexibility index (Phi) is 5.17. The number of rotatable bonds is 5. The summed E-state index contributed by atoms with van der Waals surface area (Å²) in [7, 11) is 0. The largest absolute Gasteiger partial charge is 0.484 e. The Morgan fingerprint density at radius 2 is 1.80 bits per heavy atom. The third kappa shape index (κ3) is 3.60. The van der Waals surface area contributed by atoms with Crippen LogP contribution in [0.4, 0.5) is 0 Å². The molecular formula is C16H18BrNO2. The number of aliphatic hydroxyl groups excluding tert-OH is 1. The maximum atomic E-state index is 9.36. The monoisotopic (exact) mass is 335 g/mol. The van der Waals surface area contributed by atoms with Crippen LogP contribution in [0.2, 0.25) is 0 Å². The van der Waals surface area contributed by atoms with Crippen molar-refractivity contribution in [3.05, 3.63) is 64.1 Å². The highest BCUT2D eigenvalue weighted by Crippen LogP contribution is 2.28. The second kappa shape index (κ2) is 6.88. The van der Waals surface area contributed by atoms with Gasteiger partial charge in [0.15, 0.2) is 0 Å². The van der Waals surface area contributed by atoms with Crippen LogP contribution in [-0.2, 0) is 6.61 Å². The molecule has 2 unspecified atom stereocenters. The zero-order valence-electron chi connectivity index (χ0n) is 11.3. The van der Waals surface area contributed by atoms with Crippen LogP contribution in [0.1, 0.15) is 24.2 Å². The molecule has 0 spiro atoms. The Balaban J connectivity index is 2.28. The summed E-state index contributed by atoms with van der Waals surface area (Å²) in [5.41, 5.74) is 7.82. The predicted molar refractivity (Wildman–Crippen MR) is 83.5 cm³/mol. The van der Waals surface area contributed by atoms with E-state index >= 15 is 0 Å². The Hall–Kier alpha value is -1.36. The van der Waals surface area contributed by atoms with Gasteiger partial charge >= 0.3 is 0 Å². The van der Waals surface area contributed by atoms with Gasteiger partial charge in [0.2, 0.25) is 0 Å². The molecule has 0 radical (unpaired) electrons. The maximum absolute atomic E-state index is 9.36. The van der Waals surface area contributed by atoms with Gasteiger partial charge in [0.25, 0.3) is 0 Å². The molecule has 0 amide bonds. The van der Waals surface area contributed by atoms with E-state index in [0.29, 0.717) is 5.75 Å². The number of halogens is 1. The predicted octanol–water partition coefficient (Wildman–Crippen LogP) is 3.41. The fraction of sp³-hybridized carbons (Fsp3) is 0.250. The fourth-order valence-electron chi connectivity index (χ4n) is 2.02. The number of para-hydroxylation sites is 1. The van der Waals surface area contributed by atoms with Gasteiger partial charge in [-0.05, 0) is 30.7 Å². The Morgan fingerprint density at radius 1 is 1.15 bits per heavy atom. The van der Waals surface area contributed by atoms with E-state index in [1.54, 1.807) is 0 Å². The first-order valence-corrected chi connectivity index (χ1v) is 7.27. The van der Waals surface area contributed by atoms with E-state index in [0.717, 1.165) is 15.6 Å². The van der Waals surface area contributed by atoms with Gasteiger partial charge in [-0.2, -0.15) is 0 Å². The minimum Gasteiger partial charge on any atom is -0.484 e. The number of hydrogen-bond acceptors (Lipinski definition) is 3. The molecule has 0 heterocycles. The summed E-state index contributed by atoms with van der Waals surface area (Å²) in [6.07, 6.45) is -0.254. The lowest BCUT2D eigenvalue weighted by molar-refractivity contribution is 0.173. The van der Waals surface area contributed by atoms with Gasteiger partial charge in [0, 0.05) is 16.1 Å². The Morgan fingerprint density at radius 3 is 2.40 bits per heavy atom. The molecule has 0 fully saturated rings. The number of benzene rings is 2. The molecule has 0 bridgehead atoms. The first-order valence-electron chi connectivity index (χ1n) is 6.48. The molecule has 0 aromatic heterocycles. The molecule has 0 aliphatic rings. The van der Waals surface area contributed by atoms with Crippen LogP contribution < -0.4 is 10.5 Å². The van der Waals surface area contributed by atoms with Gasteiger partial charge in [-0.25, -0.2) is 0 Å². The van der Waals surface area contributed by atoms with Crippen LogP contribution >= 0.6 is 15.9 Å². The molecular weight excluding hydrogens is 318 g/mol. The second-order valence-electron chi connectivity index (χ2n) is 4.71. The number of ether oxygens (including phenoxy) is 1. The van der Waals surface area contributed by atoms with Crippen molar-refractivity contribution < 1.29 is 9.84 Å². The van der Waals surface area contributed by atoms with Gasteiger partial charge in [0.05, 0.1) is 6.61 Å². The molecule has 2 rings (SSSR count). The van der Waals surface area contributed by atoms with Crippen molar-refractivity contribution >= 4 is 15.9 Å². The van der Waals surface area contributed by atoms with Crippen LogP contribution in [0.15, 0.2) is 53.0 Å². The summed E-state index contributed by atoms with van der Waals surface area (Å²) < 4.78 is 7.04. The van der Waals surface area contributed by atoms with Gasteiger partial charge in [-0.15, -0.1) is 0 Å². The average molecular weight is 336 g/mol. The average Bonchev–Trinajstić information content (AvgIpc) is 2.46. The molecule has 0 saturated carbocycles. The van der Waals surface area contributed by atoms with Gasteiger partial charge in [0.1, 0.15) is 11.9 Å². The highest BCUT2D eigenvalue weighted by atomic mass is 79.9. The van der Waals surface area contributed by atoms with E-state index in [9.17, 15) is 5.11 Å². The van der Waals surface area contributed by atoms with E-state index in [4.69, 9.17) is 10.5 Å². The van der Waals surface area contributed by atoms with E-state index in [-0.39, 0.29) is 18.8 Å². The Bertz CT molecular complexity index is 555. The zero-order valence-corrected chi connectivity index (χ0v) is 12.9. The van der Waals surface area contributed by atoms with E-state index in [1.807, 2.05) is 55.5 Å². The molecule has 0 saturated heterocycles. The van der Waals surface area contributed by atoms with Crippen LogP contribution in [0.25, 0.3) is 0 Å². The second-order valence-corrected chi connectivity index (χ2v) is 5.63. The van der Waals surface area contributed by atoms with E-state index < -0.39 is 0 Å². The molecule has 3 N–H and O–H groups in total. The van der Waals surface area contributed by atoms with Crippen molar-refractivity contribution in [1.29, 1.82) is 0 Å². The fourth-order valence-corrected chi connectivity index (χ4v) is 2.28. The highest BCUT2D eigenvalue weighted by molar-refractivity contribution is 9.10. The van der Waals surface area contributed by atoms with Crippen molar-refractivity contribution in [2.24, 2.45) is 5.73 Å². The van der Waals surface area contributed by atoms with Crippen LogP contribution in [0, 0.1) is 0 Å². The summed E-state index contributed by atoms with van der Waals surface area (Å²) in [4.78, 5) is 0. The molecule has 2 aromatic carbocycles. The zero-order chi connectivity index (χ0) is 14.5. The van der Waals surface area contributed by atoms with Crippen molar-refractivity contribution in [3.63, 3.8) is 0 Å². The first kappa shape index (κ1) is 15.0. The van der Waals surface area contributed by atoms with Crippen LogP contribution in [0.3, 0.4) is 0 Å². The quantitative estimate of drug-likeness (QED) is 0.880. The molecule has 106 valence electrons. The Labute approximate surface area is 127 Å². The minimum absolute atomic E-state index is 0.0534. The standard InChI is InChI=1S/C16H18BrNO2/c1-11(18)16(12-6-8-14(17)9-7-12)20-15-5-3-2-4-13(15)10-19/h2-9,11,16,19H,10,18H2,1H3. The smallest absolute Gasteiger partial charge is 0.138 e. The van der Waals surface area contributed by atoms with Gasteiger partial charge < -0.3 is 15.6 Å². The van der Waals surface area contributed by atoms with Crippen molar-refractivity contribution in [2.75, 3.05) is 0 Å². The minimum atomic E-state index is -0.254. The molecule has 2 aromatic rings. The third-order valence-corrected chi connectivity index (χ3v) is 3.60. The van der Waals surface area contributed by atoms with E-state index in [1.165, 1.54) is 0 Å². The molecule has 0 aliphatic carbocycles. The lowest BCUT2D eigenvalue weighted by Gasteiger charge is -2.24. The normalized spacial score (nSPS) is 13.8. The molecule has 3 nitrogen and oxygen atoms in total. The SMILES string of the molecule is CC(N)C(Oc1ccccc1CO)c1ccc(Br)cc1. The third-order valence-electron chi connectivity index (χ3n) is 3.07. The highest BCUT2D eigenvalue weighted by Gasteiger charge is 2.19. The molecule has 0 aliphatic heterocycles.